The molecule has 0 bridgehead atoms. The molecule has 2 aliphatic rings. The smallest absolute Gasteiger partial charge is 0.312 e. The quantitative estimate of drug-likeness (QED) is 0.829. The summed E-state index contributed by atoms with van der Waals surface area (Å²) in [5.41, 5.74) is 6.88. The highest BCUT2D eigenvalue weighted by Crippen LogP contribution is 2.53. The maximum Gasteiger partial charge on any atom is 0.312 e. The van der Waals surface area contributed by atoms with Crippen LogP contribution in [-0.2, 0) is 4.79 Å². The molecule has 0 aromatic heterocycles. The fourth-order valence-corrected chi connectivity index (χ4v) is 4.27. The van der Waals surface area contributed by atoms with Crippen LogP contribution in [0.1, 0.15) is 52.9 Å². The highest BCUT2D eigenvalue weighted by atomic mass is 16.4. The molecule has 0 aliphatic heterocycles. The molecular formula is C17H27NO2. The third-order valence-corrected chi connectivity index (χ3v) is 5.55. The predicted octanol–water partition coefficient (Wildman–Crippen LogP) is 3.51. The Labute approximate surface area is 121 Å². The zero-order valence-corrected chi connectivity index (χ0v) is 12.9. The van der Waals surface area contributed by atoms with Gasteiger partial charge in [0, 0.05) is 0 Å². The average molecular weight is 277 g/mol. The van der Waals surface area contributed by atoms with Gasteiger partial charge in [-0.25, -0.2) is 0 Å². The number of rotatable bonds is 3. The normalized spacial score (nSPS) is 33.0. The summed E-state index contributed by atoms with van der Waals surface area (Å²) < 4.78 is 0. The summed E-state index contributed by atoms with van der Waals surface area (Å²) in [6.45, 7) is 6.32. The maximum absolute atomic E-state index is 11.8. The molecule has 3 N–H and O–H groups in total. The average Bonchev–Trinajstić information content (AvgIpc) is 2.42. The number of allylic oxidation sites excluding steroid dienone is 2. The number of hydrogen-bond donors (Lipinski definition) is 2. The van der Waals surface area contributed by atoms with E-state index in [1.807, 2.05) is 25.2 Å². The Kier molecular flexibility index (Phi) is 4.10. The second kappa shape index (κ2) is 5.36. The summed E-state index contributed by atoms with van der Waals surface area (Å²) in [5.74, 6) is -1.04. The first-order valence-corrected chi connectivity index (χ1v) is 7.73. The van der Waals surface area contributed by atoms with E-state index in [0.717, 1.165) is 31.3 Å². The molecule has 3 nitrogen and oxygen atoms in total. The van der Waals surface area contributed by atoms with Crippen LogP contribution >= 0.6 is 0 Å². The second-order valence-electron chi connectivity index (χ2n) is 6.86. The van der Waals surface area contributed by atoms with Gasteiger partial charge in [0.25, 0.3) is 0 Å². The lowest BCUT2D eigenvalue weighted by Crippen LogP contribution is -2.63. The SMILES string of the molecule is CC1=CC(C(=O)O)C(N)(C2(C(C)C)CCCCC2)C=C1. The molecule has 2 rings (SSSR count). The Morgan fingerprint density at radius 3 is 2.45 bits per heavy atom. The standard InChI is InChI=1S/C17H27NO2/c1-12(2)16(8-5-4-6-9-16)17(18)10-7-13(3)11-14(17)15(19)20/h7,10-12,14H,4-6,8-9,18H2,1-3H3,(H,19,20). The molecule has 112 valence electrons. The Bertz CT molecular complexity index is 444. The highest BCUT2D eigenvalue weighted by Gasteiger charge is 2.55. The highest BCUT2D eigenvalue weighted by molar-refractivity contribution is 5.76. The van der Waals surface area contributed by atoms with Crippen LogP contribution in [0.3, 0.4) is 0 Å². The number of nitrogens with two attached hydrogens (primary N) is 1. The Morgan fingerprint density at radius 1 is 1.35 bits per heavy atom. The number of aliphatic carboxylic acids is 1. The van der Waals surface area contributed by atoms with Crippen molar-refractivity contribution in [1.29, 1.82) is 0 Å². The first kappa shape index (κ1) is 15.3. The molecule has 1 fully saturated rings. The van der Waals surface area contributed by atoms with Gasteiger partial charge < -0.3 is 10.8 Å². The second-order valence-corrected chi connectivity index (χ2v) is 6.86. The van der Waals surface area contributed by atoms with Crippen molar-refractivity contribution in [1.82, 2.24) is 0 Å². The molecule has 2 aliphatic carbocycles. The fraction of sp³-hybridized carbons (Fsp3) is 0.706. The van der Waals surface area contributed by atoms with Crippen LogP contribution in [0, 0.1) is 17.3 Å². The molecule has 0 radical (unpaired) electrons. The van der Waals surface area contributed by atoms with Gasteiger partial charge in [-0.05, 0) is 31.1 Å². The van der Waals surface area contributed by atoms with Crippen molar-refractivity contribution in [3.63, 3.8) is 0 Å². The first-order chi connectivity index (χ1) is 9.33. The lowest BCUT2D eigenvalue weighted by atomic mass is 9.52. The Hall–Kier alpha value is -1.09. The summed E-state index contributed by atoms with van der Waals surface area (Å²) in [5, 5.41) is 9.66. The van der Waals surface area contributed by atoms with Gasteiger partial charge in [0.05, 0.1) is 11.5 Å². The van der Waals surface area contributed by atoms with Crippen molar-refractivity contribution in [3.8, 4) is 0 Å². The minimum Gasteiger partial charge on any atom is -0.481 e. The zero-order chi connectivity index (χ0) is 15.0. The van der Waals surface area contributed by atoms with E-state index in [0.29, 0.717) is 5.92 Å². The summed E-state index contributed by atoms with van der Waals surface area (Å²) in [6.07, 6.45) is 11.4. The van der Waals surface area contributed by atoms with Gasteiger partial charge in [0.15, 0.2) is 0 Å². The van der Waals surface area contributed by atoms with Gasteiger partial charge in [-0.2, -0.15) is 0 Å². The van der Waals surface area contributed by atoms with Gasteiger partial charge in [0.1, 0.15) is 0 Å². The molecule has 0 aromatic rings. The molecule has 0 aromatic carbocycles. The van der Waals surface area contributed by atoms with Crippen LogP contribution in [0.25, 0.3) is 0 Å². The molecule has 2 unspecified atom stereocenters. The van der Waals surface area contributed by atoms with Crippen LogP contribution < -0.4 is 5.73 Å². The summed E-state index contributed by atoms with van der Waals surface area (Å²) in [6, 6.07) is 0. The van der Waals surface area contributed by atoms with Crippen molar-refractivity contribution in [2.45, 2.75) is 58.4 Å². The third kappa shape index (κ3) is 2.22. The van der Waals surface area contributed by atoms with Gasteiger partial charge >= 0.3 is 5.97 Å². The predicted molar refractivity (Wildman–Crippen MR) is 81.3 cm³/mol. The van der Waals surface area contributed by atoms with E-state index in [1.165, 1.54) is 6.42 Å². The number of hydrogen-bond acceptors (Lipinski definition) is 2. The molecule has 0 spiro atoms. The molecule has 3 heteroatoms. The van der Waals surface area contributed by atoms with Crippen molar-refractivity contribution < 1.29 is 9.90 Å². The lowest BCUT2D eigenvalue weighted by Gasteiger charge is -2.55. The summed E-state index contributed by atoms with van der Waals surface area (Å²) in [4.78, 5) is 11.8. The number of carbonyl (C=O) groups is 1. The van der Waals surface area contributed by atoms with Crippen LogP contribution in [0.15, 0.2) is 23.8 Å². The van der Waals surface area contributed by atoms with E-state index in [4.69, 9.17) is 5.73 Å². The van der Waals surface area contributed by atoms with Crippen LogP contribution in [0.4, 0.5) is 0 Å². The van der Waals surface area contributed by atoms with Crippen molar-refractivity contribution >= 4 is 5.97 Å². The zero-order valence-electron chi connectivity index (χ0n) is 12.9. The fourth-order valence-electron chi connectivity index (χ4n) is 4.27. The Balaban J connectivity index is 2.49. The summed E-state index contributed by atoms with van der Waals surface area (Å²) >= 11 is 0. The molecule has 20 heavy (non-hydrogen) atoms. The van der Waals surface area contributed by atoms with Crippen molar-refractivity contribution in [2.75, 3.05) is 0 Å². The molecule has 0 saturated heterocycles. The van der Waals surface area contributed by atoms with Crippen LogP contribution in [0.2, 0.25) is 0 Å². The number of carboxylic acid groups (broad SMARTS) is 1. The van der Waals surface area contributed by atoms with E-state index in [9.17, 15) is 9.90 Å². The maximum atomic E-state index is 11.8. The topological polar surface area (TPSA) is 63.3 Å². The first-order valence-electron chi connectivity index (χ1n) is 7.73. The van der Waals surface area contributed by atoms with E-state index in [-0.39, 0.29) is 5.41 Å². The lowest BCUT2D eigenvalue weighted by molar-refractivity contribution is -0.144. The van der Waals surface area contributed by atoms with Crippen molar-refractivity contribution in [3.05, 3.63) is 23.8 Å². The van der Waals surface area contributed by atoms with Crippen LogP contribution in [-0.4, -0.2) is 16.6 Å². The largest absolute Gasteiger partial charge is 0.481 e. The minimum absolute atomic E-state index is 0.109. The van der Waals surface area contributed by atoms with E-state index >= 15 is 0 Å². The third-order valence-electron chi connectivity index (χ3n) is 5.55. The molecule has 2 atom stereocenters. The minimum atomic E-state index is -0.804. The molecule has 0 heterocycles. The summed E-state index contributed by atoms with van der Waals surface area (Å²) in [7, 11) is 0. The van der Waals surface area contributed by atoms with Crippen molar-refractivity contribution in [2.24, 2.45) is 23.0 Å². The Morgan fingerprint density at radius 2 is 1.95 bits per heavy atom. The van der Waals surface area contributed by atoms with Gasteiger partial charge in [-0.1, -0.05) is 56.9 Å². The van der Waals surface area contributed by atoms with Gasteiger partial charge in [0.2, 0.25) is 0 Å². The van der Waals surface area contributed by atoms with E-state index in [2.05, 4.69) is 13.8 Å². The van der Waals surface area contributed by atoms with Gasteiger partial charge in [-0.3, -0.25) is 4.79 Å². The molecular weight excluding hydrogens is 250 g/mol. The molecule has 0 amide bonds. The van der Waals surface area contributed by atoms with E-state index in [1.54, 1.807) is 0 Å². The monoisotopic (exact) mass is 277 g/mol. The van der Waals surface area contributed by atoms with Gasteiger partial charge in [-0.15, -0.1) is 0 Å². The van der Waals surface area contributed by atoms with E-state index < -0.39 is 17.4 Å². The molecule has 1 saturated carbocycles. The van der Waals surface area contributed by atoms with Crippen LogP contribution in [0.5, 0.6) is 0 Å². The number of carboxylic acids is 1.